The van der Waals surface area contributed by atoms with Crippen LogP contribution in [-0.2, 0) is 4.74 Å². The van der Waals surface area contributed by atoms with E-state index in [0.29, 0.717) is 0 Å². The van der Waals surface area contributed by atoms with Gasteiger partial charge in [0.15, 0.2) is 0 Å². The maximum atomic E-state index is 12.5. The predicted octanol–water partition coefficient (Wildman–Crippen LogP) is 5.06. The molecule has 0 radical (unpaired) electrons. The van der Waals surface area contributed by atoms with E-state index in [1.54, 1.807) is 0 Å². The Kier molecular flexibility index (Phi) is 6.13. The maximum Gasteiger partial charge on any atom is 0.573 e. The number of fused-ring (bicyclic) bond motifs is 3. The summed E-state index contributed by atoms with van der Waals surface area (Å²) in [4.78, 5) is 12.1. The molecule has 0 aliphatic heterocycles. The molecule has 8 heteroatoms. The lowest BCUT2D eigenvalue weighted by molar-refractivity contribution is -0.274. The third-order valence-corrected chi connectivity index (χ3v) is 5.12. The third kappa shape index (κ3) is 5.21. The molecule has 33 heavy (non-hydrogen) atoms. The first kappa shape index (κ1) is 22.1. The average Bonchev–Trinajstić information content (AvgIpc) is 3.10. The molecule has 0 saturated carbocycles. The van der Waals surface area contributed by atoms with E-state index in [9.17, 15) is 18.0 Å². The van der Waals surface area contributed by atoms with Crippen molar-refractivity contribution in [3.8, 4) is 28.7 Å². The van der Waals surface area contributed by atoms with Gasteiger partial charge in [0, 0.05) is 11.6 Å². The normalized spacial score (nSPS) is 12.2. The van der Waals surface area contributed by atoms with E-state index in [1.807, 2.05) is 48.5 Å². The quantitative estimate of drug-likeness (QED) is 0.429. The number of nitrogens with one attached hydrogen (secondary N) is 1. The van der Waals surface area contributed by atoms with E-state index in [1.165, 1.54) is 12.1 Å². The van der Waals surface area contributed by atoms with Gasteiger partial charge in [0.2, 0.25) is 0 Å². The van der Waals surface area contributed by atoms with Crippen molar-refractivity contribution >= 4 is 11.8 Å². The monoisotopic (exact) mass is 452 g/mol. The minimum absolute atomic E-state index is 0.0401. The summed E-state index contributed by atoms with van der Waals surface area (Å²) in [6, 6.07) is 19.6. The Balaban J connectivity index is 1.36. The van der Waals surface area contributed by atoms with Gasteiger partial charge in [0.1, 0.15) is 12.4 Å². The first-order valence-electron chi connectivity index (χ1n) is 10.0. The summed E-state index contributed by atoms with van der Waals surface area (Å²) in [5, 5.41) is 2.48. The fourth-order valence-corrected chi connectivity index (χ4v) is 3.76. The van der Waals surface area contributed by atoms with Crippen LogP contribution in [0.15, 0.2) is 66.7 Å². The number of rotatable bonds is 4. The molecule has 1 aliphatic rings. The minimum atomic E-state index is -4.86. The molecule has 4 rings (SSSR count). The molecular weight excluding hydrogens is 433 g/mol. The number of carbonyl (C=O) groups excluding carboxylic acids is 1. The number of ether oxygens (including phenoxy) is 2. The highest BCUT2D eigenvalue weighted by Gasteiger charge is 2.32. The van der Waals surface area contributed by atoms with Crippen LogP contribution in [0.3, 0.4) is 0 Å². The number of benzene rings is 3. The average molecular weight is 452 g/mol. The molecule has 0 unspecified atom stereocenters. The first-order valence-corrected chi connectivity index (χ1v) is 10.0. The van der Waals surface area contributed by atoms with Gasteiger partial charge in [-0.05, 0) is 40.5 Å². The summed E-state index contributed by atoms with van der Waals surface area (Å²) in [6.45, 7) is 0.0169. The summed E-state index contributed by atoms with van der Waals surface area (Å²) in [6.07, 6.45) is -5.53. The molecule has 3 aromatic carbocycles. The van der Waals surface area contributed by atoms with Crippen molar-refractivity contribution in [3.63, 3.8) is 0 Å². The second-order valence-electron chi connectivity index (χ2n) is 7.28. The number of alkyl carbamates (subject to hydrolysis) is 1. The van der Waals surface area contributed by atoms with E-state index in [-0.39, 0.29) is 30.3 Å². The summed E-state index contributed by atoms with van der Waals surface area (Å²) >= 11 is 0. The predicted molar refractivity (Wildman–Crippen MR) is 117 cm³/mol. The molecule has 1 aliphatic carbocycles. The van der Waals surface area contributed by atoms with Crippen molar-refractivity contribution in [1.29, 1.82) is 0 Å². The molecule has 0 spiro atoms. The van der Waals surface area contributed by atoms with Crippen molar-refractivity contribution in [1.82, 2.24) is 5.32 Å². The van der Waals surface area contributed by atoms with Gasteiger partial charge in [-0.3, -0.25) is 0 Å². The van der Waals surface area contributed by atoms with Crippen molar-refractivity contribution in [2.24, 2.45) is 0 Å². The van der Waals surface area contributed by atoms with Gasteiger partial charge in [-0.15, -0.1) is 13.2 Å². The van der Waals surface area contributed by atoms with E-state index in [2.05, 4.69) is 21.9 Å². The number of halogens is 3. The molecule has 1 amide bonds. The van der Waals surface area contributed by atoms with Crippen molar-refractivity contribution in [3.05, 3.63) is 83.4 Å². The van der Waals surface area contributed by atoms with E-state index >= 15 is 0 Å². The Morgan fingerprint density at radius 1 is 1.00 bits per heavy atom. The van der Waals surface area contributed by atoms with Crippen LogP contribution in [0.1, 0.15) is 22.6 Å². The highest BCUT2D eigenvalue weighted by molar-refractivity contribution is 5.79. The highest BCUT2D eigenvalue weighted by Crippen LogP contribution is 2.44. The smallest absolute Gasteiger partial charge is 0.449 e. The summed E-state index contributed by atoms with van der Waals surface area (Å²) in [5.41, 5.74) is 10.2. The molecule has 0 bridgehead atoms. The van der Waals surface area contributed by atoms with Crippen molar-refractivity contribution in [2.45, 2.75) is 12.3 Å². The molecule has 0 fully saturated rings. The Bertz CT molecular complexity index is 1200. The topological polar surface area (TPSA) is 73.6 Å². The lowest BCUT2D eigenvalue weighted by Crippen LogP contribution is -2.26. The fraction of sp³-hybridized carbons (Fsp3) is 0.160. The van der Waals surface area contributed by atoms with Gasteiger partial charge in [0.25, 0.3) is 0 Å². The standard InChI is InChI=1S/C25H19F3N2O3/c26-25(27,28)33-23-12-11-17(29)14-16(23)6-5-13-30-24(31)32-15-22-20-9-3-1-7-18(20)19-8-2-4-10-21(19)22/h1-4,7-12,14,22H,13,15,29H2,(H,30,31). The SMILES string of the molecule is Nc1ccc(OC(F)(F)F)c(C#CCNC(=O)OCC2c3ccccc3-c3ccccc32)c1. The van der Waals surface area contributed by atoms with Crippen LogP contribution in [0.2, 0.25) is 0 Å². The molecule has 5 nitrogen and oxygen atoms in total. The summed E-state index contributed by atoms with van der Waals surface area (Å²) in [5.74, 6) is 4.56. The van der Waals surface area contributed by atoms with Gasteiger partial charge in [0.05, 0.1) is 12.1 Å². The van der Waals surface area contributed by atoms with Gasteiger partial charge in [-0.2, -0.15) is 0 Å². The number of carbonyl (C=O) groups is 1. The van der Waals surface area contributed by atoms with Crippen LogP contribution >= 0.6 is 0 Å². The highest BCUT2D eigenvalue weighted by atomic mass is 19.4. The molecule has 0 heterocycles. The van der Waals surface area contributed by atoms with Crippen LogP contribution in [0.5, 0.6) is 5.75 Å². The molecule has 0 aromatic heterocycles. The molecule has 0 saturated heterocycles. The number of nitrogens with two attached hydrogens (primary N) is 1. The zero-order valence-corrected chi connectivity index (χ0v) is 17.3. The van der Waals surface area contributed by atoms with Gasteiger partial charge in [-0.25, -0.2) is 4.79 Å². The van der Waals surface area contributed by atoms with Crippen LogP contribution in [0, 0.1) is 11.8 Å². The molecule has 3 N–H and O–H groups in total. The Morgan fingerprint density at radius 2 is 1.64 bits per heavy atom. The number of amides is 1. The zero-order valence-electron chi connectivity index (χ0n) is 17.3. The maximum absolute atomic E-state index is 12.5. The fourth-order valence-electron chi connectivity index (χ4n) is 3.76. The van der Waals surface area contributed by atoms with Crippen LogP contribution in [0.4, 0.5) is 23.7 Å². The first-order chi connectivity index (χ1) is 15.8. The second kappa shape index (κ2) is 9.17. The van der Waals surface area contributed by atoms with Crippen LogP contribution in [-0.4, -0.2) is 25.6 Å². The molecule has 168 valence electrons. The largest absolute Gasteiger partial charge is 0.573 e. The van der Waals surface area contributed by atoms with Crippen LogP contribution in [0.25, 0.3) is 11.1 Å². The Hall–Kier alpha value is -4.12. The van der Waals surface area contributed by atoms with E-state index < -0.39 is 18.2 Å². The van der Waals surface area contributed by atoms with Gasteiger partial charge in [-0.1, -0.05) is 60.4 Å². The van der Waals surface area contributed by atoms with Crippen molar-refractivity contribution < 1.29 is 27.4 Å². The summed E-state index contributed by atoms with van der Waals surface area (Å²) < 4.78 is 47.0. The molecule has 3 aromatic rings. The Labute approximate surface area is 188 Å². The van der Waals surface area contributed by atoms with Crippen LogP contribution < -0.4 is 15.8 Å². The lowest BCUT2D eigenvalue weighted by atomic mass is 9.98. The summed E-state index contributed by atoms with van der Waals surface area (Å²) in [7, 11) is 0. The third-order valence-electron chi connectivity index (χ3n) is 5.12. The lowest BCUT2D eigenvalue weighted by Gasteiger charge is -2.14. The van der Waals surface area contributed by atoms with E-state index in [4.69, 9.17) is 10.5 Å². The number of alkyl halides is 3. The van der Waals surface area contributed by atoms with Crippen molar-refractivity contribution in [2.75, 3.05) is 18.9 Å². The second-order valence-corrected chi connectivity index (χ2v) is 7.28. The van der Waals surface area contributed by atoms with Gasteiger partial charge >= 0.3 is 12.5 Å². The number of nitrogen functional groups attached to an aromatic ring is 1. The zero-order chi connectivity index (χ0) is 23.4. The van der Waals surface area contributed by atoms with E-state index in [0.717, 1.165) is 28.3 Å². The Morgan fingerprint density at radius 3 is 2.27 bits per heavy atom. The number of anilines is 1. The molecular formula is C25H19F3N2O3. The number of hydrogen-bond donors (Lipinski definition) is 2. The molecule has 0 atom stereocenters. The van der Waals surface area contributed by atoms with Gasteiger partial charge < -0.3 is 20.5 Å². The minimum Gasteiger partial charge on any atom is -0.449 e. The number of hydrogen-bond acceptors (Lipinski definition) is 4.